The summed E-state index contributed by atoms with van der Waals surface area (Å²) >= 11 is 6.19. The maximum absolute atomic E-state index is 6.19. The molecule has 0 amide bonds. The first-order chi connectivity index (χ1) is 13.2. The molecule has 4 aromatic rings. The molecule has 0 aliphatic heterocycles. The van der Waals surface area contributed by atoms with Crippen LogP contribution in [-0.2, 0) is 17.9 Å². The first-order valence-electron chi connectivity index (χ1n) is 9.00. The normalized spacial score (nSPS) is 11.3. The summed E-state index contributed by atoms with van der Waals surface area (Å²) in [6, 6.07) is 20.2. The number of hydrogen-bond acceptors (Lipinski definition) is 3. The number of halogens is 1. The molecule has 0 bridgehead atoms. The van der Waals surface area contributed by atoms with Crippen molar-refractivity contribution in [2.75, 3.05) is 13.7 Å². The van der Waals surface area contributed by atoms with Gasteiger partial charge >= 0.3 is 0 Å². The summed E-state index contributed by atoms with van der Waals surface area (Å²) in [6.45, 7) is 1.91. The van der Waals surface area contributed by atoms with Crippen LogP contribution in [0.3, 0.4) is 0 Å². The number of imidazole rings is 1. The van der Waals surface area contributed by atoms with Gasteiger partial charge in [-0.25, -0.2) is 4.98 Å². The fourth-order valence-corrected chi connectivity index (χ4v) is 3.44. The van der Waals surface area contributed by atoms with E-state index in [1.54, 1.807) is 7.11 Å². The maximum Gasteiger partial charge on any atom is 0.147 e. The number of hydrogen-bond donors (Lipinski definition) is 0. The van der Waals surface area contributed by atoms with E-state index in [9.17, 15) is 0 Å². The molecule has 0 saturated carbocycles. The number of methoxy groups -OCH3 is 1. The van der Waals surface area contributed by atoms with Crippen molar-refractivity contribution in [2.45, 2.75) is 19.6 Å². The summed E-state index contributed by atoms with van der Waals surface area (Å²) in [4.78, 5) is 4.75. The zero-order chi connectivity index (χ0) is 18.6. The van der Waals surface area contributed by atoms with Crippen molar-refractivity contribution in [3.8, 4) is 5.75 Å². The van der Waals surface area contributed by atoms with Crippen LogP contribution in [0.1, 0.15) is 12.2 Å². The van der Waals surface area contributed by atoms with Gasteiger partial charge in [0.25, 0.3) is 0 Å². The van der Waals surface area contributed by atoms with Gasteiger partial charge in [-0.1, -0.05) is 41.9 Å². The van der Waals surface area contributed by atoms with E-state index in [2.05, 4.69) is 28.8 Å². The van der Waals surface area contributed by atoms with Crippen LogP contribution < -0.4 is 4.74 Å². The number of aromatic nitrogens is 2. The lowest BCUT2D eigenvalue weighted by Gasteiger charge is -2.11. The SMILES string of the molecule is COCCCn1c(COc2ccc3ccccc3c2)nc2ccc(Cl)cc21. The number of aryl methyl sites for hydroxylation is 1. The molecule has 5 heteroatoms. The summed E-state index contributed by atoms with van der Waals surface area (Å²) in [5.41, 5.74) is 1.95. The molecule has 4 nitrogen and oxygen atoms in total. The second-order valence-electron chi connectivity index (χ2n) is 6.46. The summed E-state index contributed by atoms with van der Waals surface area (Å²) < 4.78 is 13.4. The lowest BCUT2D eigenvalue weighted by molar-refractivity contribution is 0.189. The minimum atomic E-state index is 0.400. The highest BCUT2D eigenvalue weighted by molar-refractivity contribution is 6.31. The smallest absolute Gasteiger partial charge is 0.147 e. The molecular weight excluding hydrogens is 360 g/mol. The Balaban J connectivity index is 1.60. The third-order valence-corrected chi connectivity index (χ3v) is 4.84. The van der Waals surface area contributed by atoms with E-state index in [4.69, 9.17) is 26.1 Å². The van der Waals surface area contributed by atoms with E-state index in [1.807, 2.05) is 36.4 Å². The van der Waals surface area contributed by atoms with Crippen LogP contribution in [0.4, 0.5) is 0 Å². The van der Waals surface area contributed by atoms with Gasteiger partial charge in [-0.3, -0.25) is 0 Å². The van der Waals surface area contributed by atoms with Gasteiger partial charge in [0.05, 0.1) is 11.0 Å². The number of fused-ring (bicyclic) bond motifs is 2. The molecule has 0 radical (unpaired) electrons. The Morgan fingerprint density at radius 2 is 1.85 bits per heavy atom. The van der Waals surface area contributed by atoms with Crippen LogP contribution >= 0.6 is 11.6 Å². The molecule has 1 aromatic heterocycles. The predicted octanol–water partition coefficient (Wildman–Crippen LogP) is 5.46. The van der Waals surface area contributed by atoms with Gasteiger partial charge in [0.2, 0.25) is 0 Å². The first kappa shape index (κ1) is 17.8. The van der Waals surface area contributed by atoms with Crippen molar-refractivity contribution >= 4 is 33.4 Å². The number of rotatable bonds is 7. The van der Waals surface area contributed by atoms with E-state index in [0.29, 0.717) is 18.2 Å². The third kappa shape index (κ3) is 3.92. The number of benzene rings is 3. The van der Waals surface area contributed by atoms with Gasteiger partial charge in [0, 0.05) is 25.3 Å². The minimum absolute atomic E-state index is 0.400. The molecule has 0 aliphatic rings. The zero-order valence-electron chi connectivity index (χ0n) is 15.2. The Bertz CT molecular complexity index is 1070. The maximum atomic E-state index is 6.19. The zero-order valence-corrected chi connectivity index (χ0v) is 15.9. The predicted molar refractivity (Wildman–Crippen MR) is 110 cm³/mol. The van der Waals surface area contributed by atoms with Crippen molar-refractivity contribution < 1.29 is 9.47 Å². The topological polar surface area (TPSA) is 36.3 Å². The van der Waals surface area contributed by atoms with Crippen molar-refractivity contribution in [2.24, 2.45) is 0 Å². The van der Waals surface area contributed by atoms with Crippen LogP contribution in [-0.4, -0.2) is 23.3 Å². The van der Waals surface area contributed by atoms with E-state index in [1.165, 1.54) is 5.39 Å². The number of ether oxygens (including phenoxy) is 2. The standard InChI is InChI=1S/C22H21ClN2O2/c1-26-12-4-11-25-21-14-18(23)8-10-20(21)24-22(25)15-27-19-9-7-16-5-2-3-6-17(16)13-19/h2-3,5-10,13-14H,4,11-12,15H2,1H3. The fourth-order valence-electron chi connectivity index (χ4n) is 3.28. The van der Waals surface area contributed by atoms with Gasteiger partial charge in [0.1, 0.15) is 18.2 Å². The van der Waals surface area contributed by atoms with Crippen molar-refractivity contribution in [1.29, 1.82) is 0 Å². The van der Waals surface area contributed by atoms with Gasteiger partial charge in [-0.15, -0.1) is 0 Å². The van der Waals surface area contributed by atoms with Gasteiger partial charge in [-0.2, -0.15) is 0 Å². The highest BCUT2D eigenvalue weighted by Crippen LogP contribution is 2.24. The molecule has 27 heavy (non-hydrogen) atoms. The van der Waals surface area contributed by atoms with Crippen LogP contribution in [0.5, 0.6) is 5.75 Å². The van der Waals surface area contributed by atoms with E-state index in [0.717, 1.165) is 41.0 Å². The summed E-state index contributed by atoms with van der Waals surface area (Å²) in [6.07, 6.45) is 0.900. The lowest BCUT2D eigenvalue weighted by Crippen LogP contribution is -2.09. The quantitative estimate of drug-likeness (QED) is 0.399. The van der Waals surface area contributed by atoms with E-state index in [-0.39, 0.29) is 0 Å². The van der Waals surface area contributed by atoms with Crippen molar-refractivity contribution in [1.82, 2.24) is 9.55 Å². The second kappa shape index (κ2) is 7.99. The largest absolute Gasteiger partial charge is 0.486 e. The molecule has 0 atom stereocenters. The minimum Gasteiger partial charge on any atom is -0.486 e. The highest BCUT2D eigenvalue weighted by Gasteiger charge is 2.12. The molecule has 138 valence electrons. The molecule has 0 saturated heterocycles. The van der Waals surface area contributed by atoms with Gasteiger partial charge in [0.15, 0.2) is 0 Å². The molecule has 3 aromatic carbocycles. The monoisotopic (exact) mass is 380 g/mol. The van der Waals surface area contributed by atoms with Crippen LogP contribution in [0.25, 0.3) is 21.8 Å². The van der Waals surface area contributed by atoms with Crippen LogP contribution in [0.2, 0.25) is 5.02 Å². The number of nitrogens with zero attached hydrogens (tertiary/aromatic N) is 2. The molecule has 0 N–H and O–H groups in total. The van der Waals surface area contributed by atoms with Crippen molar-refractivity contribution in [3.05, 3.63) is 71.5 Å². The van der Waals surface area contributed by atoms with E-state index >= 15 is 0 Å². The Kier molecular flexibility index (Phi) is 5.28. The Morgan fingerprint density at radius 1 is 1.00 bits per heavy atom. The highest BCUT2D eigenvalue weighted by atomic mass is 35.5. The Hall–Kier alpha value is -2.56. The average Bonchev–Trinajstić information content (AvgIpc) is 3.03. The first-order valence-corrected chi connectivity index (χ1v) is 9.37. The van der Waals surface area contributed by atoms with Crippen LogP contribution in [0, 0.1) is 0 Å². The molecular formula is C22H21ClN2O2. The van der Waals surface area contributed by atoms with E-state index < -0.39 is 0 Å². The lowest BCUT2D eigenvalue weighted by atomic mass is 10.1. The van der Waals surface area contributed by atoms with Gasteiger partial charge < -0.3 is 14.0 Å². The van der Waals surface area contributed by atoms with Gasteiger partial charge in [-0.05, 0) is 47.5 Å². The molecule has 0 unspecified atom stereocenters. The second-order valence-corrected chi connectivity index (χ2v) is 6.89. The van der Waals surface area contributed by atoms with Crippen LogP contribution in [0.15, 0.2) is 60.7 Å². The molecule has 0 spiro atoms. The molecule has 4 rings (SSSR count). The molecule has 0 aliphatic carbocycles. The van der Waals surface area contributed by atoms with Crippen molar-refractivity contribution in [3.63, 3.8) is 0 Å². The molecule has 1 heterocycles. The Labute approximate surface area is 163 Å². The summed E-state index contributed by atoms with van der Waals surface area (Å²) in [7, 11) is 1.71. The summed E-state index contributed by atoms with van der Waals surface area (Å²) in [5.74, 6) is 1.72. The summed E-state index contributed by atoms with van der Waals surface area (Å²) in [5, 5.41) is 3.07. The average molecular weight is 381 g/mol. The third-order valence-electron chi connectivity index (χ3n) is 4.61. The molecule has 0 fully saturated rings. The fraction of sp³-hybridized carbons (Fsp3) is 0.227. The Morgan fingerprint density at radius 3 is 2.70 bits per heavy atom.